The van der Waals surface area contributed by atoms with Crippen molar-refractivity contribution in [2.75, 3.05) is 20.1 Å². The van der Waals surface area contributed by atoms with Crippen LogP contribution in [-0.2, 0) is 4.79 Å². The zero-order chi connectivity index (χ0) is 12.3. The maximum absolute atomic E-state index is 11.5. The molecule has 1 aliphatic heterocycles. The van der Waals surface area contributed by atoms with Gasteiger partial charge in [0.2, 0.25) is 0 Å². The van der Waals surface area contributed by atoms with Crippen LogP contribution < -0.4 is 5.32 Å². The Morgan fingerprint density at radius 2 is 2.06 bits per heavy atom. The van der Waals surface area contributed by atoms with Crippen molar-refractivity contribution in [3.05, 3.63) is 11.3 Å². The lowest BCUT2D eigenvalue weighted by atomic mass is 9.98. The van der Waals surface area contributed by atoms with Crippen LogP contribution in [-0.4, -0.2) is 36.9 Å². The quantitative estimate of drug-likeness (QED) is 0.790. The lowest BCUT2D eigenvalue weighted by Gasteiger charge is -2.30. The molecule has 0 saturated heterocycles. The van der Waals surface area contributed by atoms with Crippen LogP contribution in [0.1, 0.15) is 34.1 Å². The smallest absolute Gasteiger partial charge is 0.152 e. The van der Waals surface area contributed by atoms with Crippen molar-refractivity contribution >= 4 is 5.78 Å². The van der Waals surface area contributed by atoms with Crippen molar-refractivity contribution in [2.24, 2.45) is 5.92 Å². The minimum absolute atomic E-state index is 0.0339. The molecule has 0 aromatic heterocycles. The zero-order valence-corrected chi connectivity index (χ0v) is 11.1. The SMILES string of the molecule is CC(=O)[C@H](NC1=C(C)CN(C)CC1)C(C)C. The Kier molecular flexibility index (Phi) is 4.54. The summed E-state index contributed by atoms with van der Waals surface area (Å²) in [6.45, 7) is 10.1. The van der Waals surface area contributed by atoms with Gasteiger partial charge in [0.1, 0.15) is 0 Å². The van der Waals surface area contributed by atoms with Crippen molar-refractivity contribution < 1.29 is 4.79 Å². The molecule has 0 bridgehead atoms. The van der Waals surface area contributed by atoms with Gasteiger partial charge >= 0.3 is 0 Å². The monoisotopic (exact) mass is 224 g/mol. The van der Waals surface area contributed by atoms with Crippen molar-refractivity contribution in [2.45, 2.75) is 40.2 Å². The molecule has 3 heteroatoms. The van der Waals surface area contributed by atoms with Crippen LogP contribution in [0, 0.1) is 5.92 Å². The fourth-order valence-electron chi connectivity index (χ4n) is 2.22. The van der Waals surface area contributed by atoms with E-state index >= 15 is 0 Å². The Labute approximate surface area is 98.9 Å². The predicted octanol–water partition coefficient (Wildman–Crippen LogP) is 1.80. The van der Waals surface area contributed by atoms with E-state index in [1.165, 1.54) is 11.3 Å². The Balaban J connectivity index is 2.71. The van der Waals surface area contributed by atoms with Gasteiger partial charge in [-0.3, -0.25) is 4.79 Å². The largest absolute Gasteiger partial charge is 0.378 e. The first kappa shape index (κ1) is 13.2. The van der Waals surface area contributed by atoms with E-state index in [1.807, 2.05) is 0 Å². The van der Waals surface area contributed by atoms with E-state index in [4.69, 9.17) is 0 Å². The van der Waals surface area contributed by atoms with Crippen LogP contribution in [0.4, 0.5) is 0 Å². The van der Waals surface area contributed by atoms with E-state index < -0.39 is 0 Å². The molecule has 1 heterocycles. The van der Waals surface area contributed by atoms with Gasteiger partial charge in [-0.25, -0.2) is 0 Å². The van der Waals surface area contributed by atoms with Gasteiger partial charge in [0.15, 0.2) is 5.78 Å². The number of hydrogen-bond donors (Lipinski definition) is 1. The van der Waals surface area contributed by atoms with E-state index in [2.05, 4.69) is 38.0 Å². The minimum atomic E-state index is -0.0339. The maximum atomic E-state index is 11.5. The number of nitrogens with zero attached hydrogens (tertiary/aromatic N) is 1. The third-order valence-corrected chi connectivity index (χ3v) is 3.20. The average molecular weight is 224 g/mol. The molecule has 0 aromatic rings. The van der Waals surface area contributed by atoms with Crippen LogP contribution in [0.5, 0.6) is 0 Å². The Morgan fingerprint density at radius 1 is 1.44 bits per heavy atom. The lowest BCUT2D eigenvalue weighted by molar-refractivity contribution is -0.119. The zero-order valence-electron chi connectivity index (χ0n) is 11.1. The maximum Gasteiger partial charge on any atom is 0.152 e. The standard InChI is InChI=1S/C13H24N2O/c1-9(2)13(11(4)16)14-12-6-7-15(5)8-10(12)3/h9,13-14H,6-8H2,1-5H3/t13-/m1/s1. The van der Waals surface area contributed by atoms with Crippen LogP contribution in [0.2, 0.25) is 0 Å². The summed E-state index contributed by atoms with van der Waals surface area (Å²) in [5, 5.41) is 3.43. The molecule has 0 radical (unpaired) electrons. The third-order valence-electron chi connectivity index (χ3n) is 3.20. The number of likely N-dealkylation sites (N-methyl/N-ethyl adjacent to an activating group) is 1. The van der Waals surface area contributed by atoms with Crippen molar-refractivity contribution in [1.29, 1.82) is 0 Å². The molecule has 0 aromatic carbocycles. The molecule has 3 nitrogen and oxygen atoms in total. The highest BCUT2D eigenvalue weighted by Gasteiger charge is 2.21. The van der Waals surface area contributed by atoms with Crippen LogP contribution >= 0.6 is 0 Å². The van der Waals surface area contributed by atoms with Crippen LogP contribution in [0.25, 0.3) is 0 Å². The molecule has 0 amide bonds. The topological polar surface area (TPSA) is 32.3 Å². The van der Waals surface area contributed by atoms with Gasteiger partial charge in [0.25, 0.3) is 0 Å². The van der Waals surface area contributed by atoms with Gasteiger partial charge in [0.05, 0.1) is 6.04 Å². The molecule has 1 aliphatic rings. The summed E-state index contributed by atoms with van der Waals surface area (Å²) in [4.78, 5) is 13.8. The number of ketones is 1. The molecule has 0 unspecified atom stereocenters. The van der Waals surface area contributed by atoms with E-state index in [9.17, 15) is 4.79 Å². The normalized spacial score (nSPS) is 20.1. The summed E-state index contributed by atoms with van der Waals surface area (Å²) < 4.78 is 0. The Bertz CT molecular complexity index is 294. The average Bonchev–Trinajstić information content (AvgIpc) is 2.15. The number of rotatable bonds is 4. The predicted molar refractivity (Wildman–Crippen MR) is 67.3 cm³/mol. The minimum Gasteiger partial charge on any atom is -0.378 e. The van der Waals surface area contributed by atoms with Crippen LogP contribution in [0.3, 0.4) is 0 Å². The first-order chi connectivity index (χ1) is 7.41. The van der Waals surface area contributed by atoms with E-state index in [-0.39, 0.29) is 11.8 Å². The van der Waals surface area contributed by atoms with E-state index in [0.717, 1.165) is 19.5 Å². The molecule has 1 rings (SSSR count). The molecule has 1 N–H and O–H groups in total. The highest BCUT2D eigenvalue weighted by atomic mass is 16.1. The number of nitrogens with one attached hydrogen (secondary N) is 1. The van der Waals surface area contributed by atoms with Crippen molar-refractivity contribution in [3.8, 4) is 0 Å². The molecular weight excluding hydrogens is 200 g/mol. The summed E-state index contributed by atoms with van der Waals surface area (Å²) in [6.07, 6.45) is 1.03. The van der Waals surface area contributed by atoms with E-state index in [0.29, 0.717) is 5.92 Å². The van der Waals surface area contributed by atoms with Gasteiger partial charge in [0, 0.05) is 18.8 Å². The number of carbonyl (C=O) groups is 1. The number of carbonyl (C=O) groups excluding carboxylic acids is 1. The van der Waals surface area contributed by atoms with Gasteiger partial charge in [-0.1, -0.05) is 13.8 Å². The van der Waals surface area contributed by atoms with Gasteiger partial charge in [-0.05, 0) is 38.8 Å². The number of hydrogen-bond acceptors (Lipinski definition) is 3. The fraction of sp³-hybridized carbons (Fsp3) is 0.769. The third kappa shape index (κ3) is 3.34. The molecule has 0 aliphatic carbocycles. The molecule has 0 spiro atoms. The summed E-state index contributed by atoms with van der Waals surface area (Å²) in [5.74, 6) is 0.576. The summed E-state index contributed by atoms with van der Waals surface area (Å²) in [7, 11) is 2.13. The molecule has 0 saturated carbocycles. The lowest BCUT2D eigenvalue weighted by Crippen LogP contribution is -2.42. The van der Waals surface area contributed by atoms with Gasteiger partial charge < -0.3 is 10.2 Å². The fourth-order valence-corrected chi connectivity index (χ4v) is 2.22. The Hall–Kier alpha value is -0.830. The first-order valence-corrected chi connectivity index (χ1v) is 6.06. The second-order valence-electron chi connectivity index (χ2n) is 5.22. The van der Waals surface area contributed by atoms with Gasteiger partial charge in [-0.15, -0.1) is 0 Å². The number of Topliss-reactive ketones (excluding diaryl/α,β-unsaturated/α-hetero) is 1. The first-order valence-electron chi connectivity index (χ1n) is 6.06. The summed E-state index contributed by atoms with van der Waals surface area (Å²) in [5.41, 5.74) is 2.63. The van der Waals surface area contributed by atoms with E-state index in [1.54, 1.807) is 6.92 Å². The summed E-state index contributed by atoms with van der Waals surface area (Å²) >= 11 is 0. The van der Waals surface area contributed by atoms with Crippen molar-refractivity contribution in [3.63, 3.8) is 0 Å². The van der Waals surface area contributed by atoms with Gasteiger partial charge in [-0.2, -0.15) is 0 Å². The molecule has 92 valence electrons. The molecular formula is C13H24N2O. The summed E-state index contributed by atoms with van der Waals surface area (Å²) in [6, 6.07) is -0.0339. The molecule has 16 heavy (non-hydrogen) atoms. The second-order valence-corrected chi connectivity index (χ2v) is 5.22. The second kappa shape index (κ2) is 5.48. The highest BCUT2D eigenvalue weighted by Crippen LogP contribution is 2.16. The van der Waals surface area contributed by atoms with Crippen LogP contribution in [0.15, 0.2) is 11.3 Å². The molecule has 0 fully saturated rings. The highest BCUT2D eigenvalue weighted by molar-refractivity contribution is 5.82. The van der Waals surface area contributed by atoms with Crippen molar-refractivity contribution in [1.82, 2.24) is 10.2 Å². The molecule has 1 atom stereocenters. The Morgan fingerprint density at radius 3 is 2.50 bits per heavy atom.